The van der Waals surface area contributed by atoms with Crippen LogP contribution in [0.2, 0.25) is 0 Å². The summed E-state index contributed by atoms with van der Waals surface area (Å²) in [6.45, 7) is 2.55. The minimum absolute atomic E-state index is 0.247. The first-order chi connectivity index (χ1) is 15.9. The zero-order valence-corrected chi connectivity index (χ0v) is 19.7. The molecule has 3 N–H and O–H groups in total. The molecule has 2 heterocycles. The standard InChI is InChI=1S/C24H36N4O5/c1-31-22-14-21-18(13-20(22)25)15-28(26-21)19-3-8-24(32-2,9-4-19)16-33-12-7-17-5-10-27(11-6-17)23(29)30/h13-15,17,19H,3-12,16,25H2,1-2H3,(H,29,30). The maximum absolute atomic E-state index is 11.0. The smallest absolute Gasteiger partial charge is 0.407 e. The molecule has 9 heteroatoms. The van der Waals surface area contributed by atoms with Crippen LogP contribution in [0.15, 0.2) is 18.3 Å². The highest BCUT2D eigenvalue weighted by Crippen LogP contribution is 2.38. The van der Waals surface area contributed by atoms with E-state index in [9.17, 15) is 4.79 Å². The van der Waals surface area contributed by atoms with E-state index in [1.807, 2.05) is 12.1 Å². The maximum atomic E-state index is 11.0. The van der Waals surface area contributed by atoms with E-state index in [1.54, 1.807) is 14.2 Å². The number of carboxylic acid groups (broad SMARTS) is 1. The monoisotopic (exact) mass is 460 g/mol. The number of fused-ring (bicyclic) bond motifs is 1. The van der Waals surface area contributed by atoms with Gasteiger partial charge in [-0.1, -0.05) is 0 Å². The summed E-state index contributed by atoms with van der Waals surface area (Å²) in [5, 5.41) is 14.9. The van der Waals surface area contributed by atoms with E-state index in [4.69, 9.17) is 30.1 Å². The van der Waals surface area contributed by atoms with Gasteiger partial charge in [0.2, 0.25) is 0 Å². The predicted molar refractivity (Wildman–Crippen MR) is 126 cm³/mol. The lowest BCUT2D eigenvalue weighted by molar-refractivity contribution is -0.103. The molecule has 1 aromatic heterocycles. The first-order valence-corrected chi connectivity index (χ1v) is 11.9. The molecule has 4 rings (SSSR count). The summed E-state index contributed by atoms with van der Waals surface area (Å²) in [5.74, 6) is 1.19. The second-order valence-corrected chi connectivity index (χ2v) is 9.43. The third-order valence-corrected chi connectivity index (χ3v) is 7.47. The third kappa shape index (κ3) is 5.35. The molecule has 182 valence electrons. The fourth-order valence-electron chi connectivity index (χ4n) is 5.17. The van der Waals surface area contributed by atoms with Crippen molar-refractivity contribution in [1.29, 1.82) is 0 Å². The fraction of sp³-hybridized carbons (Fsp3) is 0.667. The van der Waals surface area contributed by atoms with Gasteiger partial charge in [-0.2, -0.15) is 5.10 Å². The van der Waals surface area contributed by atoms with E-state index in [2.05, 4.69) is 10.9 Å². The van der Waals surface area contributed by atoms with Crippen LogP contribution in [0.3, 0.4) is 0 Å². The average Bonchev–Trinajstić information content (AvgIpc) is 3.24. The van der Waals surface area contributed by atoms with Crippen molar-refractivity contribution >= 4 is 22.7 Å². The van der Waals surface area contributed by atoms with Gasteiger partial charge in [0.05, 0.1) is 36.6 Å². The zero-order chi connectivity index (χ0) is 23.4. The van der Waals surface area contributed by atoms with Crippen molar-refractivity contribution in [1.82, 2.24) is 14.7 Å². The van der Waals surface area contributed by atoms with Gasteiger partial charge >= 0.3 is 6.09 Å². The molecule has 0 unspecified atom stereocenters. The lowest BCUT2D eigenvalue weighted by Gasteiger charge is -2.39. The number of hydrogen-bond donors (Lipinski definition) is 2. The van der Waals surface area contributed by atoms with E-state index in [0.717, 1.165) is 55.8 Å². The highest BCUT2D eigenvalue weighted by molar-refractivity contribution is 5.84. The number of amides is 1. The molecule has 33 heavy (non-hydrogen) atoms. The molecule has 9 nitrogen and oxygen atoms in total. The summed E-state index contributed by atoms with van der Waals surface area (Å²) in [4.78, 5) is 12.5. The third-order valence-electron chi connectivity index (χ3n) is 7.47. The Bertz CT molecular complexity index is 946. The molecule has 0 bridgehead atoms. The van der Waals surface area contributed by atoms with Crippen molar-refractivity contribution in [2.24, 2.45) is 5.92 Å². The Kier molecular flexibility index (Phi) is 7.29. The number of methoxy groups -OCH3 is 2. The number of nitrogens with zero attached hydrogens (tertiary/aromatic N) is 3. The van der Waals surface area contributed by atoms with E-state index in [0.29, 0.717) is 49.7 Å². The fourth-order valence-corrected chi connectivity index (χ4v) is 5.17. The number of hydrogen-bond acceptors (Lipinski definition) is 6. The number of piperidine rings is 1. The van der Waals surface area contributed by atoms with Gasteiger partial charge in [-0.25, -0.2) is 4.79 Å². The summed E-state index contributed by atoms with van der Waals surface area (Å²) in [6.07, 6.45) is 7.88. The molecule has 1 saturated heterocycles. The first kappa shape index (κ1) is 23.6. The molecule has 0 atom stereocenters. The van der Waals surface area contributed by atoms with Gasteiger partial charge in [-0.05, 0) is 56.9 Å². The van der Waals surface area contributed by atoms with Gasteiger partial charge in [-0.3, -0.25) is 4.68 Å². The van der Waals surface area contributed by atoms with Crippen LogP contribution < -0.4 is 10.5 Å². The number of nitrogen functional groups attached to an aromatic ring is 1. The van der Waals surface area contributed by atoms with E-state index >= 15 is 0 Å². The Morgan fingerprint density at radius 1 is 1.21 bits per heavy atom. The molecule has 0 spiro atoms. The van der Waals surface area contributed by atoms with Crippen LogP contribution in [0.25, 0.3) is 10.9 Å². The minimum Gasteiger partial charge on any atom is -0.495 e. The van der Waals surface area contributed by atoms with Crippen LogP contribution in [0.1, 0.15) is 51.0 Å². The molecule has 0 radical (unpaired) electrons. The molecular formula is C24H36N4O5. The van der Waals surface area contributed by atoms with Gasteiger partial charge in [-0.15, -0.1) is 0 Å². The Morgan fingerprint density at radius 3 is 2.58 bits per heavy atom. The number of rotatable bonds is 8. The first-order valence-electron chi connectivity index (χ1n) is 11.9. The minimum atomic E-state index is -0.811. The summed E-state index contributed by atoms with van der Waals surface area (Å²) in [5.41, 5.74) is 7.31. The summed E-state index contributed by atoms with van der Waals surface area (Å²) in [6, 6.07) is 4.13. The van der Waals surface area contributed by atoms with Crippen LogP contribution in [0.5, 0.6) is 5.75 Å². The van der Waals surface area contributed by atoms with Crippen molar-refractivity contribution in [2.45, 2.75) is 56.6 Å². The number of likely N-dealkylation sites (tertiary alicyclic amines) is 1. The van der Waals surface area contributed by atoms with Crippen LogP contribution in [0, 0.1) is 5.92 Å². The van der Waals surface area contributed by atoms with Gasteiger partial charge in [0.15, 0.2) is 0 Å². The quantitative estimate of drug-likeness (QED) is 0.453. The number of benzene rings is 1. The highest BCUT2D eigenvalue weighted by atomic mass is 16.5. The van der Waals surface area contributed by atoms with Crippen molar-refractivity contribution in [3.63, 3.8) is 0 Å². The number of aromatic nitrogens is 2. The summed E-state index contributed by atoms with van der Waals surface area (Å²) < 4.78 is 19.4. The SMILES string of the molecule is COc1cc2nn(C3CCC(COCCC4CCN(C(=O)O)CC4)(OC)CC3)cc2cc1N. The van der Waals surface area contributed by atoms with Crippen molar-refractivity contribution in [3.05, 3.63) is 18.3 Å². The number of ether oxygens (including phenoxy) is 3. The molecule has 2 fully saturated rings. The van der Waals surface area contributed by atoms with Gasteiger partial charge in [0, 0.05) is 44.5 Å². The zero-order valence-electron chi connectivity index (χ0n) is 19.7. The van der Waals surface area contributed by atoms with Crippen LogP contribution in [-0.4, -0.2) is 72.0 Å². The lowest BCUT2D eigenvalue weighted by Crippen LogP contribution is -2.41. The molecule has 1 aromatic carbocycles. The van der Waals surface area contributed by atoms with Gasteiger partial charge in [0.25, 0.3) is 0 Å². The Hall–Kier alpha value is -2.52. The van der Waals surface area contributed by atoms with Crippen molar-refractivity contribution < 1.29 is 24.1 Å². The molecule has 1 saturated carbocycles. The maximum Gasteiger partial charge on any atom is 0.407 e. The van der Waals surface area contributed by atoms with Gasteiger partial charge < -0.3 is 30.0 Å². The Labute approximate surface area is 194 Å². The van der Waals surface area contributed by atoms with E-state index in [-0.39, 0.29) is 5.60 Å². The number of nitrogens with two attached hydrogens (primary N) is 1. The summed E-state index contributed by atoms with van der Waals surface area (Å²) >= 11 is 0. The van der Waals surface area contributed by atoms with Crippen molar-refractivity contribution in [2.75, 3.05) is 46.3 Å². The molecule has 1 amide bonds. The predicted octanol–water partition coefficient (Wildman–Crippen LogP) is 3.92. The largest absolute Gasteiger partial charge is 0.495 e. The Morgan fingerprint density at radius 2 is 1.94 bits per heavy atom. The number of anilines is 1. The summed E-state index contributed by atoms with van der Waals surface area (Å²) in [7, 11) is 3.40. The molecule has 2 aromatic rings. The highest BCUT2D eigenvalue weighted by Gasteiger charge is 2.36. The van der Waals surface area contributed by atoms with Crippen LogP contribution in [0.4, 0.5) is 10.5 Å². The molecule has 1 aliphatic carbocycles. The van der Waals surface area contributed by atoms with Gasteiger partial charge in [0.1, 0.15) is 5.75 Å². The van der Waals surface area contributed by atoms with Crippen molar-refractivity contribution in [3.8, 4) is 5.75 Å². The van der Waals surface area contributed by atoms with E-state index < -0.39 is 6.09 Å². The molecule has 1 aliphatic heterocycles. The number of carbonyl (C=O) groups is 1. The lowest BCUT2D eigenvalue weighted by atomic mass is 9.82. The van der Waals surface area contributed by atoms with E-state index in [1.165, 1.54) is 4.90 Å². The topological polar surface area (TPSA) is 112 Å². The van der Waals surface area contributed by atoms with Crippen LogP contribution >= 0.6 is 0 Å². The average molecular weight is 461 g/mol. The molecular weight excluding hydrogens is 424 g/mol. The Balaban J connectivity index is 1.25. The normalized spacial score (nSPS) is 24.3. The second kappa shape index (κ2) is 10.2. The second-order valence-electron chi connectivity index (χ2n) is 9.43. The van der Waals surface area contributed by atoms with Crippen LogP contribution in [-0.2, 0) is 9.47 Å². The molecule has 2 aliphatic rings.